The topological polar surface area (TPSA) is 48.5 Å². The van der Waals surface area contributed by atoms with Gasteiger partial charge in [0.05, 0.1) is 0 Å². The molecule has 1 aliphatic carbocycles. The number of carbonyl (C=O) groups excluding carboxylic acids is 1. The molecule has 5 nitrogen and oxygen atoms in total. The summed E-state index contributed by atoms with van der Waals surface area (Å²) < 4.78 is 0. The van der Waals surface area contributed by atoms with E-state index in [2.05, 4.69) is 21.3 Å². The van der Waals surface area contributed by atoms with E-state index in [4.69, 9.17) is 0 Å². The number of pyridine rings is 1. The zero-order chi connectivity index (χ0) is 16.4. The molecular formula is C19H28N4O. The number of amides is 2. The number of hydrogen-bond acceptors (Lipinski definition) is 3. The average molecular weight is 328 g/mol. The summed E-state index contributed by atoms with van der Waals surface area (Å²) in [6.45, 7) is 4.80. The number of carbonyl (C=O) groups is 1. The van der Waals surface area contributed by atoms with E-state index in [-0.39, 0.29) is 6.03 Å². The summed E-state index contributed by atoms with van der Waals surface area (Å²) in [5, 5.41) is 3.15. The van der Waals surface area contributed by atoms with E-state index in [1.54, 1.807) is 0 Å². The zero-order valence-corrected chi connectivity index (χ0v) is 14.4. The van der Waals surface area contributed by atoms with Gasteiger partial charge in [0.2, 0.25) is 0 Å². The zero-order valence-electron chi connectivity index (χ0n) is 14.4. The predicted octanol–water partition coefficient (Wildman–Crippen LogP) is 2.45. The van der Waals surface area contributed by atoms with E-state index < -0.39 is 0 Å². The SMILES string of the molecule is O=C(NC[C@@H]1CCN(C2CCCC2)C1)N1CC(c2ccccn2)C1. The van der Waals surface area contributed by atoms with Gasteiger partial charge >= 0.3 is 6.03 Å². The van der Waals surface area contributed by atoms with Crippen LogP contribution in [-0.4, -0.2) is 59.6 Å². The fourth-order valence-corrected chi connectivity index (χ4v) is 4.42. The van der Waals surface area contributed by atoms with Crippen LogP contribution in [0.5, 0.6) is 0 Å². The first kappa shape index (κ1) is 15.9. The molecule has 24 heavy (non-hydrogen) atoms. The minimum Gasteiger partial charge on any atom is -0.338 e. The highest BCUT2D eigenvalue weighted by atomic mass is 16.2. The summed E-state index contributed by atoms with van der Waals surface area (Å²) in [5.74, 6) is 1.03. The number of urea groups is 1. The van der Waals surface area contributed by atoms with Gasteiger partial charge in [0.15, 0.2) is 0 Å². The Balaban J connectivity index is 1.17. The van der Waals surface area contributed by atoms with Gasteiger partial charge in [0.25, 0.3) is 0 Å². The minimum absolute atomic E-state index is 0.0986. The van der Waals surface area contributed by atoms with Crippen LogP contribution in [0.25, 0.3) is 0 Å². The highest BCUT2D eigenvalue weighted by Gasteiger charge is 2.34. The molecule has 1 saturated carbocycles. The molecule has 0 unspecified atom stereocenters. The van der Waals surface area contributed by atoms with E-state index >= 15 is 0 Å². The fraction of sp³-hybridized carbons (Fsp3) is 0.684. The molecule has 0 radical (unpaired) electrons. The van der Waals surface area contributed by atoms with Crippen molar-refractivity contribution in [3.05, 3.63) is 30.1 Å². The van der Waals surface area contributed by atoms with Crippen LogP contribution in [0.2, 0.25) is 0 Å². The number of aromatic nitrogens is 1. The Morgan fingerprint density at radius 1 is 1.17 bits per heavy atom. The van der Waals surface area contributed by atoms with Gasteiger partial charge in [-0.05, 0) is 43.9 Å². The third-order valence-electron chi connectivity index (χ3n) is 5.98. The molecule has 2 saturated heterocycles. The maximum atomic E-state index is 12.3. The molecule has 2 amide bonds. The van der Waals surface area contributed by atoms with E-state index in [1.165, 1.54) is 45.2 Å². The molecular weight excluding hydrogens is 300 g/mol. The molecule has 0 spiro atoms. The van der Waals surface area contributed by atoms with Gasteiger partial charge in [-0.1, -0.05) is 18.9 Å². The van der Waals surface area contributed by atoms with Crippen molar-refractivity contribution < 1.29 is 4.79 Å². The van der Waals surface area contributed by atoms with Crippen molar-refractivity contribution >= 4 is 6.03 Å². The Labute approximate surface area is 144 Å². The lowest BCUT2D eigenvalue weighted by molar-refractivity contribution is 0.148. The molecule has 2 aliphatic heterocycles. The first-order valence-corrected chi connectivity index (χ1v) is 9.47. The monoisotopic (exact) mass is 328 g/mol. The normalized spacial score (nSPS) is 25.8. The standard InChI is InChI=1S/C19H28N4O/c24-19(23-13-16(14-23)18-7-3-4-9-20-18)21-11-15-8-10-22(12-15)17-5-1-2-6-17/h3-4,7,9,15-17H,1-2,5-6,8,10-14H2,(H,21,24)/t15-/m0/s1. The maximum Gasteiger partial charge on any atom is 0.317 e. The number of hydrogen-bond donors (Lipinski definition) is 1. The first-order valence-electron chi connectivity index (χ1n) is 9.47. The molecule has 3 heterocycles. The third-order valence-corrected chi connectivity index (χ3v) is 5.98. The van der Waals surface area contributed by atoms with Crippen LogP contribution in [0.1, 0.15) is 43.7 Å². The quantitative estimate of drug-likeness (QED) is 0.923. The van der Waals surface area contributed by atoms with Crippen molar-refractivity contribution in [3.63, 3.8) is 0 Å². The molecule has 3 aliphatic rings. The Hall–Kier alpha value is -1.62. The largest absolute Gasteiger partial charge is 0.338 e. The van der Waals surface area contributed by atoms with E-state index in [0.717, 1.165) is 31.4 Å². The molecule has 0 aromatic carbocycles. The maximum absolute atomic E-state index is 12.3. The Morgan fingerprint density at radius 3 is 2.75 bits per heavy atom. The molecule has 1 N–H and O–H groups in total. The van der Waals surface area contributed by atoms with Crippen LogP contribution in [0.3, 0.4) is 0 Å². The van der Waals surface area contributed by atoms with Crippen molar-refractivity contribution in [1.82, 2.24) is 20.1 Å². The molecule has 130 valence electrons. The second kappa shape index (κ2) is 7.09. The number of nitrogens with zero attached hydrogens (tertiary/aromatic N) is 3. The second-order valence-electron chi connectivity index (χ2n) is 7.63. The number of likely N-dealkylation sites (tertiary alicyclic amines) is 2. The lowest BCUT2D eigenvalue weighted by Gasteiger charge is -2.39. The van der Waals surface area contributed by atoms with Crippen molar-refractivity contribution in [3.8, 4) is 0 Å². The van der Waals surface area contributed by atoms with Gasteiger partial charge in [-0.2, -0.15) is 0 Å². The molecule has 1 aromatic heterocycles. The summed E-state index contributed by atoms with van der Waals surface area (Å²) in [7, 11) is 0. The summed E-state index contributed by atoms with van der Waals surface area (Å²) in [5.41, 5.74) is 1.10. The highest BCUT2D eigenvalue weighted by Crippen LogP contribution is 2.28. The van der Waals surface area contributed by atoms with Gasteiger partial charge in [-0.25, -0.2) is 4.79 Å². The number of nitrogens with one attached hydrogen (secondary N) is 1. The van der Waals surface area contributed by atoms with Gasteiger partial charge in [-0.15, -0.1) is 0 Å². The summed E-state index contributed by atoms with van der Waals surface area (Å²) in [6, 6.07) is 6.92. The smallest absolute Gasteiger partial charge is 0.317 e. The van der Waals surface area contributed by atoms with Crippen LogP contribution in [0.15, 0.2) is 24.4 Å². The Kier molecular flexibility index (Phi) is 4.69. The number of rotatable bonds is 4. The van der Waals surface area contributed by atoms with Gasteiger partial charge in [0, 0.05) is 50.0 Å². The van der Waals surface area contributed by atoms with E-state index in [9.17, 15) is 4.79 Å². The Morgan fingerprint density at radius 2 is 2.00 bits per heavy atom. The average Bonchev–Trinajstić information content (AvgIpc) is 3.24. The van der Waals surface area contributed by atoms with Gasteiger partial charge in [0.1, 0.15) is 0 Å². The van der Waals surface area contributed by atoms with Crippen LogP contribution in [0, 0.1) is 5.92 Å². The van der Waals surface area contributed by atoms with Gasteiger partial charge in [-0.3, -0.25) is 4.98 Å². The van der Waals surface area contributed by atoms with Crippen molar-refractivity contribution in [2.45, 2.75) is 44.1 Å². The van der Waals surface area contributed by atoms with Crippen LogP contribution < -0.4 is 5.32 Å². The molecule has 4 rings (SSSR count). The second-order valence-corrected chi connectivity index (χ2v) is 7.63. The lowest BCUT2D eigenvalue weighted by atomic mass is 9.96. The fourth-order valence-electron chi connectivity index (χ4n) is 4.42. The molecule has 1 aromatic rings. The lowest BCUT2D eigenvalue weighted by Crippen LogP contribution is -2.53. The van der Waals surface area contributed by atoms with Crippen molar-refractivity contribution in [2.24, 2.45) is 5.92 Å². The highest BCUT2D eigenvalue weighted by molar-refractivity contribution is 5.75. The van der Waals surface area contributed by atoms with Gasteiger partial charge < -0.3 is 15.1 Å². The third kappa shape index (κ3) is 3.41. The van der Waals surface area contributed by atoms with E-state index in [1.807, 2.05) is 23.2 Å². The predicted molar refractivity (Wildman–Crippen MR) is 93.9 cm³/mol. The molecule has 0 bridgehead atoms. The van der Waals surface area contributed by atoms with E-state index in [0.29, 0.717) is 11.8 Å². The van der Waals surface area contributed by atoms with Crippen LogP contribution in [0.4, 0.5) is 4.79 Å². The van der Waals surface area contributed by atoms with Crippen LogP contribution in [-0.2, 0) is 0 Å². The first-order chi connectivity index (χ1) is 11.8. The van der Waals surface area contributed by atoms with Crippen LogP contribution >= 0.6 is 0 Å². The summed E-state index contributed by atoms with van der Waals surface area (Å²) in [6.07, 6.45) is 8.61. The summed E-state index contributed by atoms with van der Waals surface area (Å²) in [4.78, 5) is 21.2. The van der Waals surface area contributed by atoms with Crippen molar-refractivity contribution in [2.75, 3.05) is 32.7 Å². The van der Waals surface area contributed by atoms with Crippen molar-refractivity contribution in [1.29, 1.82) is 0 Å². The Bertz CT molecular complexity index is 552. The summed E-state index contributed by atoms with van der Waals surface area (Å²) >= 11 is 0. The minimum atomic E-state index is 0.0986. The molecule has 5 heteroatoms. The molecule has 1 atom stereocenters. The molecule has 3 fully saturated rings.